The van der Waals surface area contributed by atoms with Crippen LogP contribution in [0.15, 0.2) is 40.9 Å². The van der Waals surface area contributed by atoms with Gasteiger partial charge in [-0.05, 0) is 50.1 Å². The maximum atomic E-state index is 12.0. The van der Waals surface area contributed by atoms with Crippen LogP contribution in [0.25, 0.3) is 0 Å². The Hall–Kier alpha value is -2.14. The average molecular weight is 376 g/mol. The van der Waals surface area contributed by atoms with Gasteiger partial charge in [-0.1, -0.05) is 39.7 Å². The van der Waals surface area contributed by atoms with Crippen molar-refractivity contribution in [3.05, 3.63) is 63.1 Å². The summed E-state index contributed by atoms with van der Waals surface area (Å²) < 4.78 is 5.83. The molecule has 0 spiro atoms. The van der Waals surface area contributed by atoms with Crippen LogP contribution in [-0.4, -0.2) is 18.5 Å². The van der Waals surface area contributed by atoms with E-state index in [0.29, 0.717) is 5.56 Å². The second-order valence-electron chi connectivity index (χ2n) is 5.41. The number of rotatable bonds is 4. The molecule has 0 heterocycles. The van der Waals surface area contributed by atoms with Crippen molar-refractivity contribution < 1.29 is 14.3 Å². The number of aryl methyl sites for hydroxylation is 3. The van der Waals surface area contributed by atoms with Gasteiger partial charge >= 0.3 is 5.97 Å². The van der Waals surface area contributed by atoms with Crippen molar-refractivity contribution >= 4 is 33.5 Å². The van der Waals surface area contributed by atoms with Gasteiger partial charge in [0.1, 0.15) is 0 Å². The molecule has 0 fully saturated rings. The number of nitrogens with one attached hydrogen (secondary N) is 1. The Balaban J connectivity index is 1.97. The minimum atomic E-state index is -0.529. The zero-order valence-corrected chi connectivity index (χ0v) is 14.9. The van der Waals surface area contributed by atoms with Crippen molar-refractivity contribution in [1.82, 2.24) is 0 Å². The molecule has 2 aromatic rings. The maximum absolute atomic E-state index is 12.0. The highest BCUT2D eigenvalue weighted by atomic mass is 79.9. The molecule has 0 radical (unpaired) electrons. The summed E-state index contributed by atoms with van der Waals surface area (Å²) >= 11 is 3.29. The molecule has 4 nitrogen and oxygen atoms in total. The summed E-state index contributed by atoms with van der Waals surface area (Å²) in [7, 11) is 0. The highest BCUT2D eigenvalue weighted by molar-refractivity contribution is 9.10. The van der Waals surface area contributed by atoms with E-state index in [0.717, 1.165) is 26.9 Å². The average Bonchev–Trinajstić information content (AvgIpc) is 2.48. The first-order valence-electron chi connectivity index (χ1n) is 7.17. The van der Waals surface area contributed by atoms with Gasteiger partial charge in [-0.3, -0.25) is 4.79 Å². The second kappa shape index (κ2) is 7.42. The van der Waals surface area contributed by atoms with E-state index in [1.54, 1.807) is 18.2 Å². The number of carbonyl (C=O) groups is 2. The smallest absolute Gasteiger partial charge is 0.338 e. The van der Waals surface area contributed by atoms with E-state index in [-0.39, 0.29) is 12.5 Å². The lowest BCUT2D eigenvalue weighted by atomic mass is 10.1. The molecule has 0 aliphatic carbocycles. The topological polar surface area (TPSA) is 55.4 Å². The summed E-state index contributed by atoms with van der Waals surface area (Å²) in [5.74, 6) is -0.887. The van der Waals surface area contributed by atoms with Crippen LogP contribution < -0.4 is 5.32 Å². The molecule has 1 amide bonds. The first-order chi connectivity index (χ1) is 10.9. The third-order valence-corrected chi connectivity index (χ3v) is 3.83. The van der Waals surface area contributed by atoms with Gasteiger partial charge in [0.05, 0.1) is 5.56 Å². The maximum Gasteiger partial charge on any atom is 0.338 e. The van der Waals surface area contributed by atoms with E-state index in [1.165, 1.54) is 0 Å². The molecule has 0 unspecified atom stereocenters. The van der Waals surface area contributed by atoms with Crippen LogP contribution >= 0.6 is 15.9 Å². The molecule has 23 heavy (non-hydrogen) atoms. The summed E-state index contributed by atoms with van der Waals surface area (Å²) in [5, 5.41) is 2.80. The molecule has 0 atom stereocenters. The first-order valence-corrected chi connectivity index (χ1v) is 7.96. The largest absolute Gasteiger partial charge is 0.452 e. The molecule has 0 bridgehead atoms. The Labute approximate surface area is 144 Å². The zero-order valence-electron chi connectivity index (χ0n) is 13.3. The van der Waals surface area contributed by atoms with Crippen molar-refractivity contribution in [3.8, 4) is 0 Å². The molecule has 0 aliphatic rings. The van der Waals surface area contributed by atoms with Crippen LogP contribution in [-0.2, 0) is 9.53 Å². The highest BCUT2D eigenvalue weighted by Gasteiger charge is 2.12. The molecule has 0 saturated carbocycles. The summed E-state index contributed by atoms with van der Waals surface area (Å²) in [6.45, 7) is 5.55. The van der Waals surface area contributed by atoms with E-state index in [4.69, 9.17) is 4.74 Å². The molecule has 0 saturated heterocycles. The van der Waals surface area contributed by atoms with Gasteiger partial charge in [0.25, 0.3) is 5.91 Å². The van der Waals surface area contributed by atoms with Crippen molar-refractivity contribution in [2.75, 3.05) is 11.9 Å². The quantitative estimate of drug-likeness (QED) is 0.815. The fourth-order valence-electron chi connectivity index (χ4n) is 2.38. The number of amides is 1. The van der Waals surface area contributed by atoms with Crippen LogP contribution in [0.5, 0.6) is 0 Å². The lowest BCUT2D eigenvalue weighted by molar-refractivity contribution is -0.119. The molecule has 0 aromatic heterocycles. The van der Waals surface area contributed by atoms with Gasteiger partial charge in [-0.15, -0.1) is 0 Å². The molecule has 1 N–H and O–H groups in total. The third-order valence-electron chi connectivity index (χ3n) is 3.34. The molecule has 2 aromatic carbocycles. The highest BCUT2D eigenvalue weighted by Crippen LogP contribution is 2.21. The van der Waals surface area contributed by atoms with Crippen molar-refractivity contribution in [2.45, 2.75) is 20.8 Å². The SMILES string of the molecule is Cc1cc(C)c(NC(=O)COC(=O)c2cccc(Br)c2)c(C)c1. The number of anilines is 1. The third kappa shape index (κ3) is 4.66. The lowest BCUT2D eigenvalue weighted by Gasteiger charge is -2.13. The van der Waals surface area contributed by atoms with E-state index >= 15 is 0 Å². The van der Waals surface area contributed by atoms with Gasteiger partial charge in [-0.25, -0.2) is 4.79 Å². The normalized spacial score (nSPS) is 10.3. The van der Waals surface area contributed by atoms with Crippen molar-refractivity contribution in [3.63, 3.8) is 0 Å². The summed E-state index contributed by atoms with van der Waals surface area (Å²) in [5.41, 5.74) is 4.26. The van der Waals surface area contributed by atoms with E-state index < -0.39 is 5.97 Å². The molecule has 120 valence electrons. The Bertz CT molecular complexity index is 733. The fourth-order valence-corrected chi connectivity index (χ4v) is 2.78. The fraction of sp³-hybridized carbons (Fsp3) is 0.222. The van der Waals surface area contributed by atoms with Gasteiger partial charge in [-0.2, -0.15) is 0 Å². The van der Waals surface area contributed by atoms with Gasteiger partial charge < -0.3 is 10.1 Å². The second-order valence-corrected chi connectivity index (χ2v) is 6.32. The lowest BCUT2D eigenvalue weighted by Crippen LogP contribution is -2.22. The van der Waals surface area contributed by atoms with Gasteiger partial charge in [0.15, 0.2) is 6.61 Å². The molecular weight excluding hydrogens is 358 g/mol. The minimum Gasteiger partial charge on any atom is -0.452 e. The number of halogens is 1. The number of esters is 1. The standard InChI is InChI=1S/C18H18BrNO3/c1-11-7-12(2)17(13(3)8-11)20-16(21)10-23-18(22)14-5-4-6-15(19)9-14/h4-9H,10H2,1-3H3,(H,20,21). The van der Waals surface area contributed by atoms with Crippen molar-refractivity contribution in [1.29, 1.82) is 0 Å². The summed E-state index contributed by atoms with van der Waals surface area (Å²) in [6, 6.07) is 10.8. The monoisotopic (exact) mass is 375 g/mol. The number of benzene rings is 2. The number of ether oxygens (including phenoxy) is 1. The number of hydrogen-bond acceptors (Lipinski definition) is 3. The van der Waals surface area contributed by atoms with E-state index in [2.05, 4.69) is 21.2 Å². The number of carbonyl (C=O) groups excluding carboxylic acids is 2. The van der Waals surface area contributed by atoms with Crippen LogP contribution in [0.1, 0.15) is 27.0 Å². The summed E-state index contributed by atoms with van der Waals surface area (Å²) in [4.78, 5) is 23.9. The molecular formula is C18H18BrNO3. The Morgan fingerprint density at radius 2 is 1.74 bits per heavy atom. The Morgan fingerprint density at radius 1 is 1.09 bits per heavy atom. The van der Waals surface area contributed by atoms with E-state index in [1.807, 2.05) is 39.0 Å². The van der Waals surface area contributed by atoms with Crippen LogP contribution in [0.2, 0.25) is 0 Å². The number of hydrogen-bond donors (Lipinski definition) is 1. The summed E-state index contributed by atoms with van der Waals surface area (Å²) in [6.07, 6.45) is 0. The predicted octanol–water partition coefficient (Wildman–Crippen LogP) is 4.17. The van der Waals surface area contributed by atoms with Gasteiger partial charge in [0.2, 0.25) is 0 Å². The van der Waals surface area contributed by atoms with Gasteiger partial charge in [0, 0.05) is 10.2 Å². The van der Waals surface area contributed by atoms with Crippen LogP contribution in [0.4, 0.5) is 5.69 Å². The van der Waals surface area contributed by atoms with Crippen LogP contribution in [0, 0.1) is 20.8 Å². The first kappa shape index (κ1) is 17.2. The predicted molar refractivity (Wildman–Crippen MR) is 93.7 cm³/mol. The molecule has 0 aliphatic heterocycles. The van der Waals surface area contributed by atoms with Crippen LogP contribution in [0.3, 0.4) is 0 Å². The van der Waals surface area contributed by atoms with Crippen molar-refractivity contribution in [2.24, 2.45) is 0 Å². The Kier molecular flexibility index (Phi) is 5.55. The molecule has 5 heteroatoms. The zero-order chi connectivity index (χ0) is 17.0. The Morgan fingerprint density at radius 3 is 2.35 bits per heavy atom. The van der Waals surface area contributed by atoms with E-state index in [9.17, 15) is 9.59 Å². The molecule has 2 rings (SSSR count). The minimum absolute atomic E-state index is 0.321.